The summed E-state index contributed by atoms with van der Waals surface area (Å²) in [6, 6.07) is 13.3. The van der Waals surface area contributed by atoms with E-state index in [4.69, 9.17) is 0 Å². The predicted molar refractivity (Wildman–Crippen MR) is 140 cm³/mol. The van der Waals surface area contributed by atoms with Crippen LogP contribution in [0.1, 0.15) is 0 Å². The molecule has 5 aromatic rings. The first-order chi connectivity index (χ1) is 18.8. The molecule has 2 aromatic carbocycles. The Morgan fingerprint density at radius 2 is 1.72 bits per heavy atom. The topological polar surface area (TPSA) is 92.8 Å². The first kappa shape index (κ1) is 24.7. The number of piperazine rings is 1. The lowest BCUT2D eigenvalue weighted by molar-refractivity contribution is -0.274. The fourth-order valence-corrected chi connectivity index (χ4v) is 4.62. The van der Waals surface area contributed by atoms with E-state index < -0.39 is 17.7 Å². The Morgan fingerprint density at radius 3 is 2.46 bits per heavy atom. The second kappa shape index (κ2) is 9.58. The minimum atomic E-state index is -4.94. The zero-order valence-electron chi connectivity index (χ0n) is 20.8. The van der Waals surface area contributed by atoms with Crippen molar-refractivity contribution >= 4 is 34.1 Å². The molecule has 0 spiro atoms. The first-order valence-corrected chi connectivity index (χ1v) is 12.2. The largest absolute Gasteiger partial charge is 0.573 e. The summed E-state index contributed by atoms with van der Waals surface area (Å²) in [5.41, 5.74) is 1.40. The molecule has 0 radical (unpaired) electrons. The number of hydrogen-bond acceptors (Lipinski definition) is 8. The van der Waals surface area contributed by atoms with Gasteiger partial charge in [0.25, 0.3) is 5.56 Å². The smallest absolute Gasteiger partial charge is 0.404 e. The molecule has 39 heavy (non-hydrogen) atoms. The van der Waals surface area contributed by atoms with E-state index in [2.05, 4.69) is 41.9 Å². The summed E-state index contributed by atoms with van der Waals surface area (Å²) >= 11 is 0. The molecular weight excluding hydrogens is 513 g/mol. The van der Waals surface area contributed by atoms with E-state index in [-0.39, 0.29) is 28.4 Å². The van der Waals surface area contributed by atoms with Gasteiger partial charge in [-0.05, 0) is 43.4 Å². The van der Waals surface area contributed by atoms with Crippen molar-refractivity contribution in [2.45, 2.75) is 6.36 Å². The molecule has 4 heterocycles. The van der Waals surface area contributed by atoms with E-state index in [1.54, 1.807) is 6.20 Å². The van der Waals surface area contributed by atoms with Gasteiger partial charge in [0.15, 0.2) is 11.4 Å². The van der Waals surface area contributed by atoms with Crippen LogP contribution in [0, 0.1) is 0 Å². The minimum Gasteiger partial charge on any atom is -0.404 e. The van der Waals surface area contributed by atoms with Gasteiger partial charge >= 0.3 is 6.36 Å². The minimum absolute atomic E-state index is 0.0758. The summed E-state index contributed by atoms with van der Waals surface area (Å²) in [6.45, 7) is 3.94. The molecule has 0 atom stereocenters. The zero-order valence-corrected chi connectivity index (χ0v) is 20.8. The lowest BCUT2D eigenvalue weighted by Gasteiger charge is -2.34. The summed E-state index contributed by atoms with van der Waals surface area (Å²) in [7, 11) is 2.11. The molecule has 1 saturated heterocycles. The number of halogens is 3. The normalized spacial score (nSPS) is 14.7. The maximum Gasteiger partial charge on any atom is 0.573 e. The molecule has 1 fully saturated rings. The summed E-state index contributed by atoms with van der Waals surface area (Å²) in [6.07, 6.45) is -0.587. The number of para-hydroxylation sites is 2. The van der Waals surface area contributed by atoms with Gasteiger partial charge in [-0.3, -0.25) is 9.20 Å². The van der Waals surface area contributed by atoms with Crippen LogP contribution in [0.15, 0.2) is 71.9 Å². The van der Waals surface area contributed by atoms with E-state index >= 15 is 0 Å². The molecular formula is C26H23F3N8O2. The lowest BCUT2D eigenvalue weighted by Crippen LogP contribution is -2.44. The molecule has 13 heteroatoms. The highest BCUT2D eigenvalue weighted by Crippen LogP contribution is 2.30. The molecule has 0 amide bonds. The lowest BCUT2D eigenvalue weighted by atomic mass is 10.2. The number of nitrogens with zero attached hydrogens (tertiary/aromatic N) is 7. The Bertz CT molecular complexity index is 1710. The van der Waals surface area contributed by atoms with Crippen LogP contribution in [0.2, 0.25) is 0 Å². The van der Waals surface area contributed by atoms with Crippen LogP contribution in [-0.4, -0.2) is 68.4 Å². The van der Waals surface area contributed by atoms with Crippen LogP contribution in [-0.2, 0) is 0 Å². The Hall–Kier alpha value is -4.65. The van der Waals surface area contributed by atoms with Gasteiger partial charge in [-0.15, -0.1) is 13.2 Å². The van der Waals surface area contributed by atoms with Crippen molar-refractivity contribution < 1.29 is 17.9 Å². The monoisotopic (exact) mass is 536 g/mol. The van der Waals surface area contributed by atoms with Crippen LogP contribution in [0.4, 0.5) is 30.5 Å². The van der Waals surface area contributed by atoms with Crippen molar-refractivity contribution in [3.05, 3.63) is 77.5 Å². The zero-order chi connectivity index (χ0) is 27.1. The quantitative estimate of drug-likeness (QED) is 0.363. The summed E-state index contributed by atoms with van der Waals surface area (Å²) in [5, 5.41) is 3.25. The molecule has 1 N–H and O–H groups in total. The highest BCUT2D eigenvalue weighted by atomic mass is 19.4. The van der Waals surface area contributed by atoms with Crippen molar-refractivity contribution in [3.63, 3.8) is 0 Å². The molecule has 0 aliphatic carbocycles. The molecule has 1 aliphatic rings. The second-order valence-electron chi connectivity index (χ2n) is 9.15. The highest BCUT2D eigenvalue weighted by Gasteiger charge is 2.33. The number of hydrogen-bond donors (Lipinski definition) is 1. The van der Waals surface area contributed by atoms with Crippen LogP contribution in [0.5, 0.6) is 5.75 Å². The van der Waals surface area contributed by atoms with Crippen LogP contribution in [0.25, 0.3) is 22.5 Å². The predicted octanol–water partition coefficient (Wildman–Crippen LogP) is 3.82. The van der Waals surface area contributed by atoms with Gasteiger partial charge in [0.2, 0.25) is 11.7 Å². The van der Waals surface area contributed by atoms with Gasteiger partial charge in [0.1, 0.15) is 5.39 Å². The highest BCUT2D eigenvalue weighted by molar-refractivity contribution is 5.78. The fraction of sp³-hybridized carbons (Fsp3) is 0.231. The molecule has 10 nitrogen and oxygen atoms in total. The third-order valence-corrected chi connectivity index (χ3v) is 6.58. The Kier molecular flexibility index (Phi) is 6.06. The van der Waals surface area contributed by atoms with E-state index in [1.165, 1.54) is 35.0 Å². The van der Waals surface area contributed by atoms with Crippen molar-refractivity contribution in [3.8, 4) is 11.4 Å². The van der Waals surface area contributed by atoms with Gasteiger partial charge in [0, 0.05) is 56.1 Å². The molecule has 0 unspecified atom stereocenters. The van der Waals surface area contributed by atoms with Gasteiger partial charge in [-0.2, -0.15) is 4.98 Å². The second-order valence-corrected chi connectivity index (χ2v) is 9.15. The van der Waals surface area contributed by atoms with Crippen LogP contribution < -0.4 is 20.5 Å². The number of likely N-dealkylation sites (N-methyl/N-ethyl adjacent to an activating group) is 1. The number of rotatable bonds is 5. The SMILES string of the molecule is CN1CCN(c2ccc(Nc3ncc4c(=O)n(-c5ccccc5OC(F)(F)F)c5nccn5c4n3)cc2)CC1. The first-order valence-electron chi connectivity index (χ1n) is 12.2. The standard InChI is InChI=1S/C26H23F3N8O2/c1-34-12-14-35(15-13-34)18-8-6-17(7-9-18)32-24-31-16-19-22(33-24)36-11-10-30-25(36)37(23(19)38)20-4-2-3-5-21(20)39-26(27,28)29/h2-11,16H,12-15H2,1H3,(H,31,32,33). The molecule has 0 saturated carbocycles. The molecule has 1 aliphatic heterocycles. The Morgan fingerprint density at radius 1 is 0.974 bits per heavy atom. The van der Waals surface area contributed by atoms with Crippen molar-refractivity contribution in [2.24, 2.45) is 0 Å². The average molecular weight is 537 g/mol. The number of ether oxygens (including phenoxy) is 1. The third-order valence-electron chi connectivity index (χ3n) is 6.58. The molecule has 200 valence electrons. The average Bonchev–Trinajstić information content (AvgIpc) is 3.40. The maximum absolute atomic E-state index is 13.5. The Labute approximate surface area is 219 Å². The molecule has 0 bridgehead atoms. The van der Waals surface area contributed by atoms with Crippen molar-refractivity contribution in [2.75, 3.05) is 43.4 Å². The fourth-order valence-electron chi connectivity index (χ4n) is 4.62. The van der Waals surface area contributed by atoms with Crippen LogP contribution >= 0.6 is 0 Å². The van der Waals surface area contributed by atoms with Gasteiger partial charge in [0.05, 0.1) is 5.69 Å². The number of benzene rings is 2. The number of alkyl halides is 3. The molecule has 3 aromatic heterocycles. The van der Waals surface area contributed by atoms with Gasteiger partial charge < -0.3 is 19.9 Å². The van der Waals surface area contributed by atoms with E-state index in [0.29, 0.717) is 0 Å². The van der Waals surface area contributed by atoms with Crippen LogP contribution in [0.3, 0.4) is 0 Å². The number of imidazole rings is 1. The molecule has 6 rings (SSSR count). The van der Waals surface area contributed by atoms with Gasteiger partial charge in [-0.1, -0.05) is 12.1 Å². The maximum atomic E-state index is 13.5. The van der Waals surface area contributed by atoms with E-state index in [1.807, 2.05) is 24.3 Å². The summed E-state index contributed by atoms with van der Waals surface area (Å²) < 4.78 is 45.9. The van der Waals surface area contributed by atoms with Gasteiger partial charge in [-0.25, -0.2) is 14.5 Å². The Balaban J connectivity index is 1.35. The van der Waals surface area contributed by atoms with Crippen molar-refractivity contribution in [1.29, 1.82) is 0 Å². The van der Waals surface area contributed by atoms with E-state index in [9.17, 15) is 18.0 Å². The third kappa shape index (κ3) is 4.83. The number of nitrogens with one attached hydrogen (secondary N) is 1. The number of aromatic nitrogens is 5. The van der Waals surface area contributed by atoms with Crippen molar-refractivity contribution in [1.82, 2.24) is 28.8 Å². The summed E-state index contributed by atoms with van der Waals surface area (Å²) in [5.74, 6) is -0.203. The van der Waals surface area contributed by atoms with E-state index in [0.717, 1.165) is 48.2 Å². The number of anilines is 3. The number of fused-ring (bicyclic) bond motifs is 3. The summed E-state index contributed by atoms with van der Waals surface area (Å²) in [4.78, 5) is 31.2.